The predicted molar refractivity (Wildman–Crippen MR) is 235 cm³/mol. The van der Waals surface area contributed by atoms with Crippen LogP contribution in [0.5, 0.6) is 0 Å². The van der Waals surface area contributed by atoms with Crippen LogP contribution in [0.4, 0.5) is 17.1 Å². The Morgan fingerprint density at radius 2 is 0.927 bits per heavy atom. The van der Waals surface area contributed by atoms with Gasteiger partial charge in [-0.3, -0.25) is 0 Å². The Labute approximate surface area is 322 Å². The van der Waals surface area contributed by atoms with Crippen LogP contribution in [-0.2, 0) is 0 Å². The molecule has 0 saturated carbocycles. The summed E-state index contributed by atoms with van der Waals surface area (Å²) in [5.41, 5.74) is 12.3. The molecule has 2 heterocycles. The Bertz CT molecular complexity index is 3200. The largest absolute Gasteiger partial charge is 0.456 e. The molecule has 0 saturated heterocycles. The molecule has 0 N–H and O–H groups in total. The number of hydrogen-bond donors (Lipinski definition) is 0. The van der Waals surface area contributed by atoms with Crippen LogP contribution in [-0.4, -0.2) is 0 Å². The molecule has 0 fully saturated rings. The zero-order valence-electron chi connectivity index (χ0n) is 29.8. The summed E-state index contributed by atoms with van der Waals surface area (Å²) in [5, 5.41) is 7.37. The first-order chi connectivity index (χ1) is 27.2. The van der Waals surface area contributed by atoms with Crippen LogP contribution in [0.3, 0.4) is 0 Å². The molecule has 0 unspecified atom stereocenters. The molecule has 11 rings (SSSR count). The highest BCUT2D eigenvalue weighted by Crippen LogP contribution is 2.42. The average Bonchev–Trinajstić information content (AvgIpc) is 3.82. The molecule has 0 radical (unpaired) electrons. The highest BCUT2D eigenvalue weighted by Gasteiger charge is 2.17. The minimum absolute atomic E-state index is 0.905. The summed E-state index contributed by atoms with van der Waals surface area (Å²) in [6.45, 7) is 0. The van der Waals surface area contributed by atoms with Crippen LogP contribution in [0, 0.1) is 0 Å². The fourth-order valence-corrected chi connectivity index (χ4v) is 9.24. The molecule has 0 bridgehead atoms. The first kappa shape index (κ1) is 31.6. The second-order valence-corrected chi connectivity index (χ2v) is 15.2. The fraction of sp³-hybridized carbons (Fsp3) is 0. The van der Waals surface area contributed by atoms with E-state index in [1.54, 1.807) is 0 Å². The van der Waals surface area contributed by atoms with E-state index >= 15 is 0 Å². The lowest BCUT2D eigenvalue weighted by Gasteiger charge is -2.26. The van der Waals surface area contributed by atoms with Gasteiger partial charge < -0.3 is 9.32 Å². The second kappa shape index (κ2) is 12.9. The van der Waals surface area contributed by atoms with Crippen molar-refractivity contribution in [1.82, 2.24) is 0 Å². The van der Waals surface area contributed by atoms with Gasteiger partial charge in [-0.15, -0.1) is 11.3 Å². The van der Waals surface area contributed by atoms with Gasteiger partial charge in [0.1, 0.15) is 11.2 Å². The predicted octanol–water partition coefficient (Wildman–Crippen LogP) is 15.6. The van der Waals surface area contributed by atoms with Crippen molar-refractivity contribution in [2.75, 3.05) is 4.90 Å². The molecule has 0 aliphatic carbocycles. The molecule has 0 aliphatic rings. The smallest absolute Gasteiger partial charge is 0.135 e. The molecular weight excluding hydrogens is 687 g/mol. The average molecular weight is 720 g/mol. The number of hydrogen-bond acceptors (Lipinski definition) is 3. The number of furan rings is 1. The molecule has 11 aromatic rings. The molecule has 0 atom stereocenters. The van der Waals surface area contributed by atoms with Gasteiger partial charge in [-0.1, -0.05) is 133 Å². The molecule has 55 heavy (non-hydrogen) atoms. The molecule has 0 amide bonds. The highest BCUT2D eigenvalue weighted by molar-refractivity contribution is 7.25. The molecule has 258 valence electrons. The quantitative estimate of drug-likeness (QED) is 0.170. The van der Waals surface area contributed by atoms with Crippen molar-refractivity contribution in [3.63, 3.8) is 0 Å². The van der Waals surface area contributed by atoms with Crippen molar-refractivity contribution >= 4 is 81.3 Å². The number of para-hydroxylation sites is 1. The zero-order chi connectivity index (χ0) is 36.3. The second-order valence-electron chi connectivity index (χ2n) is 14.1. The zero-order valence-corrected chi connectivity index (χ0v) is 30.6. The number of nitrogens with zero attached hydrogens (tertiary/aromatic N) is 1. The van der Waals surface area contributed by atoms with Gasteiger partial charge >= 0.3 is 0 Å². The third kappa shape index (κ3) is 5.48. The summed E-state index contributed by atoms with van der Waals surface area (Å²) in [6.07, 6.45) is 0. The van der Waals surface area contributed by atoms with Crippen molar-refractivity contribution in [2.45, 2.75) is 0 Å². The standard InChI is InChI=1S/C52H33NOS/c1-2-13-43-36(9-1)10-8-16-44(43)37-21-19-34(20-22-37)35-23-26-40(27-24-35)53(42-28-30-52-48(33-42)46-15-4-6-18-51(46)55-52)41-12-7-11-38(31-41)39-25-29-50-47(32-39)45-14-3-5-17-49(45)54-50/h1-33H. The summed E-state index contributed by atoms with van der Waals surface area (Å²) in [6, 6.07) is 72.3. The van der Waals surface area contributed by atoms with Crippen molar-refractivity contribution in [1.29, 1.82) is 0 Å². The monoisotopic (exact) mass is 719 g/mol. The maximum Gasteiger partial charge on any atom is 0.135 e. The lowest BCUT2D eigenvalue weighted by atomic mass is 9.96. The number of thiophene rings is 1. The summed E-state index contributed by atoms with van der Waals surface area (Å²) in [4.78, 5) is 2.38. The van der Waals surface area contributed by atoms with E-state index in [0.29, 0.717) is 0 Å². The van der Waals surface area contributed by atoms with Gasteiger partial charge in [0.05, 0.1) is 0 Å². The van der Waals surface area contributed by atoms with Crippen LogP contribution in [0.15, 0.2) is 205 Å². The molecule has 0 spiro atoms. The minimum Gasteiger partial charge on any atom is -0.456 e. The number of rotatable bonds is 6. The summed E-state index contributed by atoms with van der Waals surface area (Å²) < 4.78 is 8.76. The van der Waals surface area contributed by atoms with Crippen molar-refractivity contribution < 1.29 is 4.42 Å². The summed E-state index contributed by atoms with van der Waals surface area (Å²) in [5.74, 6) is 0. The Morgan fingerprint density at radius 1 is 0.327 bits per heavy atom. The van der Waals surface area contributed by atoms with Gasteiger partial charge in [0.25, 0.3) is 0 Å². The Morgan fingerprint density at radius 3 is 1.80 bits per heavy atom. The minimum atomic E-state index is 0.905. The topological polar surface area (TPSA) is 16.4 Å². The van der Waals surface area contributed by atoms with E-state index < -0.39 is 0 Å². The van der Waals surface area contributed by atoms with Crippen molar-refractivity contribution in [3.8, 4) is 33.4 Å². The van der Waals surface area contributed by atoms with E-state index in [9.17, 15) is 0 Å². The van der Waals surface area contributed by atoms with Gasteiger partial charge in [0.2, 0.25) is 0 Å². The van der Waals surface area contributed by atoms with Crippen molar-refractivity contribution in [3.05, 3.63) is 200 Å². The molecule has 2 nitrogen and oxygen atoms in total. The van der Waals surface area contributed by atoms with Crippen LogP contribution >= 0.6 is 11.3 Å². The SMILES string of the molecule is c1cc(-c2ccc3oc4ccccc4c3c2)cc(N(c2ccc(-c3ccc(-c4cccc5ccccc45)cc3)cc2)c2ccc3sc4ccccc4c3c2)c1. The van der Waals surface area contributed by atoms with E-state index in [4.69, 9.17) is 4.42 Å². The molecule has 3 heteroatoms. The van der Waals surface area contributed by atoms with E-state index in [0.717, 1.165) is 50.1 Å². The first-order valence-electron chi connectivity index (χ1n) is 18.7. The Hall–Kier alpha value is -6.94. The molecule has 0 aliphatic heterocycles. The van der Waals surface area contributed by atoms with Gasteiger partial charge in [-0.05, 0) is 111 Å². The van der Waals surface area contributed by atoms with Gasteiger partial charge in [0.15, 0.2) is 0 Å². The summed E-state index contributed by atoms with van der Waals surface area (Å²) in [7, 11) is 0. The van der Waals surface area contributed by atoms with Gasteiger partial charge in [0, 0.05) is 48.0 Å². The van der Waals surface area contributed by atoms with Crippen LogP contribution < -0.4 is 4.90 Å². The Balaban J connectivity index is 0.996. The van der Waals surface area contributed by atoms with Crippen LogP contribution in [0.2, 0.25) is 0 Å². The van der Waals surface area contributed by atoms with Gasteiger partial charge in [-0.25, -0.2) is 0 Å². The van der Waals surface area contributed by atoms with Gasteiger partial charge in [-0.2, -0.15) is 0 Å². The van der Waals surface area contributed by atoms with Crippen LogP contribution in [0.25, 0.3) is 86.3 Å². The fourth-order valence-electron chi connectivity index (χ4n) is 8.15. The normalized spacial score (nSPS) is 11.6. The molecule has 2 aromatic heterocycles. The first-order valence-corrected chi connectivity index (χ1v) is 19.5. The third-order valence-electron chi connectivity index (χ3n) is 10.9. The van der Waals surface area contributed by atoms with E-state index in [-0.39, 0.29) is 0 Å². The lowest BCUT2D eigenvalue weighted by Crippen LogP contribution is -2.10. The van der Waals surface area contributed by atoms with E-state index in [1.165, 1.54) is 53.2 Å². The summed E-state index contributed by atoms with van der Waals surface area (Å²) >= 11 is 1.85. The van der Waals surface area contributed by atoms with Crippen molar-refractivity contribution in [2.24, 2.45) is 0 Å². The number of fused-ring (bicyclic) bond motifs is 7. The van der Waals surface area contributed by atoms with E-state index in [1.807, 2.05) is 23.5 Å². The van der Waals surface area contributed by atoms with Crippen LogP contribution in [0.1, 0.15) is 0 Å². The number of anilines is 3. The molecular formula is C52H33NOS. The number of benzene rings is 9. The maximum atomic E-state index is 6.16. The maximum absolute atomic E-state index is 6.16. The molecule has 9 aromatic carbocycles. The third-order valence-corrected chi connectivity index (χ3v) is 12.0. The Kier molecular flexibility index (Phi) is 7.39. The highest BCUT2D eigenvalue weighted by atomic mass is 32.1. The van der Waals surface area contributed by atoms with E-state index in [2.05, 4.69) is 193 Å². The lowest BCUT2D eigenvalue weighted by molar-refractivity contribution is 0.669.